The van der Waals surface area contributed by atoms with E-state index < -0.39 is 0 Å². The first-order valence-corrected chi connectivity index (χ1v) is 18.0. The van der Waals surface area contributed by atoms with Crippen LogP contribution < -0.4 is 4.90 Å². The molecule has 3 heteroatoms. The molecule has 9 aromatic carbocycles. The molecule has 0 saturated carbocycles. The molecule has 1 heterocycles. The minimum absolute atomic E-state index is 0.300. The zero-order chi connectivity index (χ0) is 35.3. The van der Waals surface area contributed by atoms with Crippen molar-refractivity contribution in [2.45, 2.75) is 0 Å². The van der Waals surface area contributed by atoms with E-state index in [0.717, 1.165) is 77.3 Å². The Hall–Kier alpha value is -6.97. The highest BCUT2D eigenvalue weighted by Crippen LogP contribution is 2.48. The lowest BCUT2D eigenvalue weighted by Crippen LogP contribution is -2.14. The predicted octanol–water partition coefficient (Wildman–Crippen LogP) is 14.0. The third-order valence-electron chi connectivity index (χ3n) is 10.4. The smallest absolute Gasteiger partial charge is 0.148 e. The highest BCUT2D eigenvalue weighted by atomic mass is 19.1. The van der Waals surface area contributed by atoms with Crippen LogP contribution in [0.5, 0.6) is 0 Å². The van der Waals surface area contributed by atoms with E-state index in [1.165, 1.54) is 5.39 Å². The van der Waals surface area contributed by atoms with Crippen molar-refractivity contribution < 1.29 is 4.39 Å². The molecule has 0 spiro atoms. The number of fused-ring (bicyclic) bond motifs is 6. The van der Waals surface area contributed by atoms with Crippen molar-refractivity contribution in [2.24, 2.45) is 0 Å². The number of nitrogens with zero attached hydrogens (tertiary/aromatic N) is 2. The quantitative estimate of drug-likeness (QED) is 0.159. The number of rotatable bonds is 6. The summed E-state index contributed by atoms with van der Waals surface area (Å²) >= 11 is 0. The lowest BCUT2D eigenvalue weighted by atomic mass is 9.94. The number of anilines is 3. The van der Waals surface area contributed by atoms with Gasteiger partial charge < -0.3 is 9.47 Å². The Balaban J connectivity index is 1.34. The van der Waals surface area contributed by atoms with Crippen LogP contribution in [0.15, 0.2) is 200 Å². The van der Waals surface area contributed by atoms with E-state index in [0.29, 0.717) is 5.69 Å². The molecule has 0 atom stereocenters. The van der Waals surface area contributed by atoms with Gasteiger partial charge in [-0.3, -0.25) is 0 Å². The van der Waals surface area contributed by atoms with Crippen LogP contribution in [0.3, 0.4) is 0 Å². The van der Waals surface area contributed by atoms with Gasteiger partial charge in [0.1, 0.15) is 5.82 Å². The molecule has 10 aromatic rings. The molecule has 0 radical (unpaired) electrons. The second-order valence-electron chi connectivity index (χ2n) is 13.5. The molecule has 0 fully saturated rings. The Labute approximate surface area is 307 Å². The van der Waals surface area contributed by atoms with Gasteiger partial charge in [-0.25, -0.2) is 4.39 Å². The molecule has 10 rings (SSSR count). The maximum atomic E-state index is 17.6. The number of para-hydroxylation sites is 2. The van der Waals surface area contributed by atoms with Crippen LogP contribution in [0.4, 0.5) is 21.5 Å². The summed E-state index contributed by atoms with van der Waals surface area (Å²) in [7, 11) is 0. The minimum Gasteiger partial charge on any atom is -0.309 e. The van der Waals surface area contributed by atoms with E-state index in [1.54, 1.807) is 6.07 Å². The van der Waals surface area contributed by atoms with Crippen LogP contribution in [-0.4, -0.2) is 4.57 Å². The van der Waals surface area contributed by atoms with Gasteiger partial charge in [0.25, 0.3) is 0 Å². The van der Waals surface area contributed by atoms with Crippen LogP contribution >= 0.6 is 0 Å². The van der Waals surface area contributed by atoms with Crippen molar-refractivity contribution in [3.63, 3.8) is 0 Å². The minimum atomic E-state index is -0.300. The molecule has 53 heavy (non-hydrogen) atoms. The van der Waals surface area contributed by atoms with Gasteiger partial charge in [-0.1, -0.05) is 152 Å². The molecule has 0 saturated heterocycles. The molecule has 0 aliphatic carbocycles. The van der Waals surface area contributed by atoms with Gasteiger partial charge in [-0.15, -0.1) is 0 Å². The van der Waals surface area contributed by atoms with E-state index >= 15 is 4.39 Å². The third-order valence-corrected chi connectivity index (χ3v) is 10.4. The molecule has 0 aliphatic heterocycles. The Bertz CT molecular complexity index is 2950. The maximum absolute atomic E-state index is 17.6. The molecule has 250 valence electrons. The number of hydrogen-bond acceptors (Lipinski definition) is 1. The van der Waals surface area contributed by atoms with Crippen molar-refractivity contribution in [3.05, 3.63) is 206 Å². The van der Waals surface area contributed by atoms with Crippen LogP contribution in [0.1, 0.15) is 0 Å². The zero-order valence-corrected chi connectivity index (χ0v) is 28.8. The number of halogens is 1. The highest BCUT2D eigenvalue weighted by Gasteiger charge is 2.26. The third kappa shape index (κ3) is 5.17. The Morgan fingerprint density at radius 2 is 0.981 bits per heavy atom. The summed E-state index contributed by atoms with van der Waals surface area (Å²) in [5.74, 6) is -0.300. The van der Waals surface area contributed by atoms with Gasteiger partial charge in [0, 0.05) is 33.1 Å². The summed E-state index contributed by atoms with van der Waals surface area (Å²) in [6.07, 6.45) is 0. The Kier molecular flexibility index (Phi) is 7.36. The predicted molar refractivity (Wildman–Crippen MR) is 221 cm³/mol. The molecule has 1 aromatic heterocycles. The van der Waals surface area contributed by atoms with Crippen LogP contribution in [0.25, 0.3) is 71.3 Å². The van der Waals surface area contributed by atoms with E-state index in [2.05, 4.69) is 149 Å². The van der Waals surface area contributed by atoms with Crippen molar-refractivity contribution in [1.82, 2.24) is 4.57 Å². The summed E-state index contributed by atoms with van der Waals surface area (Å²) in [5.41, 5.74) is 9.05. The fourth-order valence-electron chi connectivity index (χ4n) is 8.02. The molecule has 0 unspecified atom stereocenters. The van der Waals surface area contributed by atoms with Gasteiger partial charge in [0.05, 0.1) is 22.4 Å². The molecule has 0 amide bonds. The van der Waals surface area contributed by atoms with Crippen molar-refractivity contribution >= 4 is 60.4 Å². The van der Waals surface area contributed by atoms with Gasteiger partial charge in [-0.2, -0.15) is 0 Å². The second-order valence-corrected chi connectivity index (χ2v) is 13.5. The second kappa shape index (κ2) is 12.7. The lowest BCUT2D eigenvalue weighted by molar-refractivity contribution is 0.630. The SMILES string of the molecule is Fc1cc(-c2ccccc2)cc(-c2ccccc2)c1N(c1ccc2c3ccccc3n(-c3ccccc3)c2c1)c1cc2ccccc2c2ccccc12. The maximum Gasteiger partial charge on any atom is 0.148 e. The summed E-state index contributed by atoms with van der Waals surface area (Å²) in [6, 6.07) is 68.8. The summed E-state index contributed by atoms with van der Waals surface area (Å²) in [5, 5.41) is 6.72. The number of aromatic nitrogens is 1. The lowest BCUT2D eigenvalue weighted by Gasteiger charge is -2.30. The molecule has 2 nitrogen and oxygen atoms in total. The van der Waals surface area contributed by atoms with Gasteiger partial charge in [-0.05, 0) is 81.4 Å². The summed E-state index contributed by atoms with van der Waals surface area (Å²) in [6.45, 7) is 0. The first-order chi connectivity index (χ1) is 26.2. The van der Waals surface area contributed by atoms with E-state index in [4.69, 9.17) is 0 Å². The van der Waals surface area contributed by atoms with E-state index in [-0.39, 0.29) is 5.82 Å². The van der Waals surface area contributed by atoms with Crippen molar-refractivity contribution in [2.75, 3.05) is 4.90 Å². The fraction of sp³-hybridized carbons (Fsp3) is 0. The molecule has 0 bridgehead atoms. The van der Waals surface area contributed by atoms with Crippen LogP contribution in [0, 0.1) is 5.82 Å². The first-order valence-electron chi connectivity index (χ1n) is 18.0. The fourth-order valence-corrected chi connectivity index (χ4v) is 8.02. The van der Waals surface area contributed by atoms with Crippen LogP contribution in [-0.2, 0) is 0 Å². The number of hydrogen-bond donors (Lipinski definition) is 0. The van der Waals surface area contributed by atoms with Crippen LogP contribution in [0.2, 0.25) is 0 Å². The highest BCUT2D eigenvalue weighted by molar-refractivity contribution is 6.16. The average molecular weight is 681 g/mol. The average Bonchev–Trinajstić information content (AvgIpc) is 3.56. The molecule has 0 N–H and O–H groups in total. The number of benzene rings is 9. The summed E-state index contributed by atoms with van der Waals surface area (Å²) < 4.78 is 19.9. The standard InChI is InChI=1S/C50H33FN2/c51-46-31-37(34-16-4-1-5-17-34)30-45(35-18-6-2-7-19-35)50(46)53(48-32-36-20-10-11-23-40(36)41-24-12-13-25-42(41)48)39-28-29-44-43-26-14-15-27-47(43)52(49(44)33-39)38-21-8-3-9-22-38/h1-33H. The largest absolute Gasteiger partial charge is 0.309 e. The van der Waals surface area contributed by atoms with Crippen molar-refractivity contribution in [1.29, 1.82) is 0 Å². The Morgan fingerprint density at radius 3 is 1.74 bits per heavy atom. The van der Waals surface area contributed by atoms with Crippen molar-refractivity contribution in [3.8, 4) is 27.9 Å². The summed E-state index contributed by atoms with van der Waals surface area (Å²) in [4.78, 5) is 2.15. The monoisotopic (exact) mass is 680 g/mol. The van der Waals surface area contributed by atoms with E-state index in [9.17, 15) is 0 Å². The zero-order valence-electron chi connectivity index (χ0n) is 28.8. The molecule has 0 aliphatic rings. The van der Waals surface area contributed by atoms with Gasteiger partial charge >= 0.3 is 0 Å². The normalized spacial score (nSPS) is 11.5. The van der Waals surface area contributed by atoms with E-state index in [1.807, 2.05) is 54.6 Å². The van der Waals surface area contributed by atoms with Gasteiger partial charge in [0.2, 0.25) is 0 Å². The molecular weight excluding hydrogens is 648 g/mol. The van der Waals surface area contributed by atoms with Gasteiger partial charge in [0.15, 0.2) is 0 Å². The molecular formula is C50H33FN2. The topological polar surface area (TPSA) is 8.17 Å². The first kappa shape index (κ1) is 30.8. The Morgan fingerprint density at radius 1 is 0.396 bits per heavy atom.